The van der Waals surface area contributed by atoms with E-state index < -0.39 is 5.97 Å². The molecule has 0 saturated heterocycles. The van der Waals surface area contributed by atoms with Crippen LogP contribution in [-0.2, 0) is 6.61 Å². The van der Waals surface area contributed by atoms with Crippen LogP contribution < -0.4 is 4.74 Å². The van der Waals surface area contributed by atoms with Gasteiger partial charge in [-0.15, -0.1) is 11.3 Å². The lowest BCUT2D eigenvalue weighted by molar-refractivity contribution is 0.0697. The van der Waals surface area contributed by atoms with Crippen molar-refractivity contribution in [1.82, 2.24) is 4.98 Å². The Bertz CT molecular complexity index is 541. The first kappa shape index (κ1) is 11.9. The van der Waals surface area contributed by atoms with Crippen molar-refractivity contribution in [1.29, 1.82) is 0 Å². The molecule has 2 rings (SSSR count). The van der Waals surface area contributed by atoms with E-state index >= 15 is 0 Å². The minimum atomic E-state index is -0.990. The largest absolute Gasteiger partial charge is 0.487 e. The third-order valence-electron chi connectivity index (χ3n) is 2.06. The molecule has 0 unspecified atom stereocenters. The van der Waals surface area contributed by atoms with E-state index in [1.165, 1.54) is 6.20 Å². The molecule has 2 heterocycles. The molecule has 1 N–H and O–H groups in total. The summed E-state index contributed by atoms with van der Waals surface area (Å²) >= 11 is 7.04. The summed E-state index contributed by atoms with van der Waals surface area (Å²) in [5, 5.41) is 11.1. The van der Waals surface area contributed by atoms with Crippen LogP contribution in [0.5, 0.6) is 5.75 Å². The molecule has 0 atom stereocenters. The highest BCUT2D eigenvalue weighted by atomic mass is 35.5. The monoisotopic (exact) mass is 269 g/mol. The topological polar surface area (TPSA) is 59.4 Å². The molecule has 2 aromatic heterocycles. The van der Waals surface area contributed by atoms with Crippen LogP contribution in [0.15, 0.2) is 29.9 Å². The number of pyridine rings is 1. The van der Waals surface area contributed by atoms with Gasteiger partial charge in [0, 0.05) is 18.0 Å². The average molecular weight is 270 g/mol. The number of carboxylic acids is 1. The molecular weight excluding hydrogens is 262 g/mol. The number of hydrogen-bond donors (Lipinski definition) is 1. The second-order valence-electron chi connectivity index (χ2n) is 3.17. The van der Waals surface area contributed by atoms with Crippen molar-refractivity contribution in [2.75, 3.05) is 0 Å². The Labute approximate surface area is 106 Å². The molecule has 0 aliphatic carbocycles. The molecule has 2 aromatic rings. The maximum atomic E-state index is 10.9. The lowest BCUT2D eigenvalue weighted by Gasteiger charge is -2.06. The van der Waals surface area contributed by atoms with Crippen molar-refractivity contribution in [2.24, 2.45) is 0 Å². The maximum Gasteiger partial charge on any atom is 0.349 e. The molecule has 4 nitrogen and oxygen atoms in total. The summed E-state index contributed by atoms with van der Waals surface area (Å²) in [5.74, 6) is -0.633. The summed E-state index contributed by atoms with van der Waals surface area (Å²) in [4.78, 5) is 14.9. The number of hydrogen-bond acceptors (Lipinski definition) is 4. The van der Waals surface area contributed by atoms with Gasteiger partial charge < -0.3 is 9.84 Å². The third-order valence-corrected chi connectivity index (χ3v) is 3.29. The number of carbonyl (C=O) groups is 1. The van der Waals surface area contributed by atoms with Crippen molar-refractivity contribution in [3.05, 3.63) is 45.4 Å². The Morgan fingerprint density at radius 2 is 2.35 bits per heavy atom. The molecule has 0 aliphatic heterocycles. The van der Waals surface area contributed by atoms with Gasteiger partial charge in [0.15, 0.2) is 4.88 Å². The summed E-state index contributed by atoms with van der Waals surface area (Å²) in [6.07, 6.45) is 3.13. The van der Waals surface area contributed by atoms with Gasteiger partial charge in [-0.3, -0.25) is 4.98 Å². The molecule has 0 spiro atoms. The van der Waals surface area contributed by atoms with Crippen molar-refractivity contribution in [3.63, 3.8) is 0 Å². The number of halogens is 1. The van der Waals surface area contributed by atoms with Crippen LogP contribution in [0.3, 0.4) is 0 Å². The van der Waals surface area contributed by atoms with Gasteiger partial charge in [0.25, 0.3) is 0 Å². The fourth-order valence-corrected chi connectivity index (χ4v) is 2.09. The van der Waals surface area contributed by atoms with Gasteiger partial charge in [-0.2, -0.15) is 0 Å². The first-order valence-corrected chi connectivity index (χ1v) is 5.96. The number of nitrogens with zero attached hydrogens (tertiary/aromatic N) is 1. The van der Waals surface area contributed by atoms with Crippen molar-refractivity contribution >= 4 is 28.9 Å². The molecule has 0 saturated carbocycles. The Hall–Kier alpha value is -1.59. The van der Waals surface area contributed by atoms with Crippen LogP contribution in [-0.4, -0.2) is 16.1 Å². The zero-order chi connectivity index (χ0) is 12.3. The van der Waals surface area contributed by atoms with Crippen molar-refractivity contribution in [2.45, 2.75) is 6.61 Å². The number of thiophene rings is 1. The number of aromatic nitrogens is 1. The standard InChI is InChI=1S/C11H8ClNO3S/c12-8-5-13-3-1-7(8)6-16-9-2-4-17-10(9)11(14)15/h1-5H,6H2,(H,14,15). The van der Waals surface area contributed by atoms with Gasteiger partial charge in [-0.1, -0.05) is 11.6 Å². The van der Waals surface area contributed by atoms with Crippen molar-refractivity contribution < 1.29 is 14.6 Å². The fraction of sp³-hybridized carbons (Fsp3) is 0.0909. The Balaban J connectivity index is 2.10. The Morgan fingerprint density at radius 1 is 1.53 bits per heavy atom. The molecule has 0 amide bonds. The molecule has 6 heteroatoms. The SMILES string of the molecule is O=C(O)c1sccc1OCc1ccncc1Cl. The lowest BCUT2D eigenvalue weighted by atomic mass is 10.3. The highest BCUT2D eigenvalue weighted by Crippen LogP contribution is 2.26. The molecule has 0 fully saturated rings. The number of ether oxygens (including phenoxy) is 1. The minimum Gasteiger partial charge on any atom is -0.487 e. The van der Waals surface area contributed by atoms with E-state index in [1.807, 2.05) is 0 Å². The first-order valence-electron chi connectivity index (χ1n) is 4.70. The summed E-state index contributed by atoms with van der Waals surface area (Å²) in [6.45, 7) is 0.221. The predicted octanol–water partition coefficient (Wildman–Crippen LogP) is 3.07. The van der Waals surface area contributed by atoms with Crippen LogP contribution in [0.4, 0.5) is 0 Å². The van der Waals surface area contributed by atoms with Gasteiger partial charge in [-0.25, -0.2) is 4.79 Å². The Kier molecular flexibility index (Phi) is 3.61. The minimum absolute atomic E-state index is 0.190. The highest BCUT2D eigenvalue weighted by Gasteiger charge is 2.13. The predicted molar refractivity (Wildman–Crippen MR) is 64.9 cm³/mol. The van der Waals surface area contributed by atoms with Gasteiger partial charge >= 0.3 is 5.97 Å². The quantitative estimate of drug-likeness (QED) is 0.927. The molecule has 88 valence electrons. The van der Waals surface area contributed by atoms with Crippen LogP contribution in [0.1, 0.15) is 15.2 Å². The molecule has 17 heavy (non-hydrogen) atoms. The van der Waals surface area contributed by atoms with E-state index in [9.17, 15) is 4.79 Å². The number of rotatable bonds is 4. The maximum absolute atomic E-state index is 10.9. The van der Waals surface area contributed by atoms with Crippen LogP contribution in [0.25, 0.3) is 0 Å². The van der Waals surface area contributed by atoms with Gasteiger partial charge in [-0.05, 0) is 17.5 Å². The zero-order valence-electron chi connectivity index (χ0n) is 8.59. The molecule has 0 aliphatic rings. The second-order valence-corrected chi connectivity index (χ2v) is 4.50. The van der Waals surface area contributed by atoms with E-state index in [-0.39, 0.29) is 11.5 Å². The van der Waals surface area contributed by atoms with Crippen LogP contribution >= 0.6 is 22.9 Å². The van der Waals surface area contributed by atoms with E-state index in [1.54, 1.807) is 23.7 Å². The Morgan fingerprint density at radius 3 is 3.06 bits per heavy atom. The molecule has 0 bridgehead atoms. The molecule has 0 aromatic carbocycles. The van der Waals surface area contributed by atoms with E-state index in [2.05, 4.69) is 4.98 Å². The molecule has 0 radical (unpaired) electrons. The normalized spacial score (nSPS) is 10.2. The highest BCUT2D eigenvalue weighted by molar-refractivity contribution is 7.12. The first-order chi connectivity index (χ1) is 8.18. The summed E-state index contributed by atoms with van der Waals surface area (Å²) in [6, 6.07) is 3.36. The smallest absolute Gasteiger partial charge is 0.349 e. The van der Waals surface area contributed by atoms with Gasteiger partial charge in [0.2, 0.25) is 0 Å². The van der Waals surface area contributed by atoms with E-state index in [4.69, 9.17) is 21.4 Å². The van der Waals surface area contributed by atoms with Crippen LogP contribution in [0, 0.1) is 0 Å². The van der Waals surface area contributed by atoms with Crippen LogP contribution in [0.2, 0.25) is 5.02 Å². The summed E-state index contributed by atoms with van der Waals surface area (Å²) in [7, 11) is 0. The van der Waals surface area contributed by atoms with Gasteiger partial charge in [0.05, 0.1) is 5.02 Å². The number of aromatic carboxylic acids is 1. The summed E-state index contributed by atoms with van der Waals surface area (Å²) < 4.78 is 5.42. The average Bonchev–Trinajstić information content (AvgIpc) is 2.76. The van der Waals surface area contributed by atoms with E-state index in [0.717, 1.165) is 16.9 Å². The fourth-order valence-electron chi connectivity index (χ4n) is 1.24. The zero-order valence-corrected chi connectivity index (χ0v) is 10.2. The van der Waals surface area contributed by atoms with Crippen molar-refractivity contribution in [3.8, 4) is 5.75 Å². The second kappa shape index (κ2) is 5.16. The van der Waals surface area contributed by atoms with E-state index in [0.29, 0.717) is 10.8 Å². The summed E-state index contributed by atoms with van der Waals surface area (Å²) in [5.41, 5.74) is 0.768. The van der Waals surface area contributed by atoms with Gasteiger partial charge in [0.1, 0.15) is 12.4 Å². The third kappa shape index (κ3) is 2.75. The lowest BCUT2D eigenvalue weighted by Crippen LogP contribution is -2.00. The number of carboxylic acid groups (broad SMARTS) is 1. The molecular formula is C11H8ClNO3S.